The summed E-state index contributed by atoms with van der Waals surface area (Å²) in [7, 11) is 0. The van der Waals surface area contributed by atoms with E-state index in [1.165, 1.54) is 44.9 Å². The fourth-order valence-corrected chi connectivity index (χ4v) is 2.73. The van der Waals surface area contributed by atoms with Gasteiger partial charge in [0.15, 0.2) is 0 Å². The third kappa shape index (κ3) is 7.66. The van der Waals surface area contributed by atoms with E-state index in [9.17, 15) is 9.59 Å². The van der Waals surface area contributed by atoms with Crippen LogP contribution in [0.25, 0.3) is 0 Å². The third-order valence-electron chi connectivity index (χ3n) is 4.08. The standard InChI is InChI=1S/C17H30O3/c1-2-3-4-5-6-7-8-9-10-11-16(18)14-15-12-13-20-17(15)19/h15H,2-14H2,1H3. The first kappa shape index (κ1) is 17.2. The molecule has 1 atom stereocenters. The van der Waals surface area contributed by atoms with E-state index in [0.29, 0.717) is 19.4 Å². The average molecular weight is 282 g/mol. The molecule has 20 heavy (non-hydrogen) atoms. The Bertz CT molecular complexity index is 286. The minimum Gasteiger partial charge on any atom is -0.465 e. The maximum Gasteiger partial charge on any atom is 0.309 e. The van der Waals surface area contributed by atoms with Crippen LogP contribution in [0.1, 0.15) is 84.0 Å². The van der Waals surface area contributed by atoms with Crippen molar-refractivity contribution in [2.24, 2.45) is 5.92 Å². The van der Waals surface area contributed by atoms with E-state index < -0.39 is 0 Å². The molecule has 1 aliphatic rings. The zero-order valence-electron chi connectivity index (χ0n) is 13.0. The van der Waals surface area contributed by atoms with Gasteiger partial charge in [-0.05, 0) is 12.8 Å². The lowest BCUT2D eigenvalue weighted by atomic mass is 9.98. The van der Waals surface area contributed by atoms with Gasteiger partial charge in [0, 0.05) is 12.8 Å². The lowest BCUT2D eigenvalue weighted by molar-refractivity contribution is -0.142. The van der Waals surface area contributed by atoms with Crippen LogP contribution >= 0.6 is 0 Å². The molecular weight excluding hydrogens is 252 g/mol. The van der Waals surface area contributed by atoms with E-state index in [0.717, 1.165) is 19.3 Å². The lowest BCUT2D eigenvalue weighted by Gasteiger charge is -2.05. The number of unbranched alkanes of at least 4 members (excludes halogenated alkanes) is 8. The monoisotopic (exact) mass is 282 g/mol. The molecule has 0 spiro atoms. The summed E-state index contributed by atoms with van der Waals surface area (Å²) >= 11 is 0. The van der Waals surface area contributed by atoms with Gasteiger partial charge in [0.25, 0.3) is 0 Å². The molecule has 0 saturated carbocycles. The summed E-state index contributed by atoms with van der Waals surface area (Å²) in [5.74, 6) is -0.0942. The number of rotatable bonds is 12. The van der Waals surface area contributed by atoms with Crippen LogP contribution in [0, 0.1) is 5.92 Å². The molecule has 1 unspecified atom stereocenters. The highest BCUT2D eigenvalue weighted by Crippen LogP contribution is 2.20. The first-order valence-electron chi connectivity index (χ1n) is 8.42. The van der Waals surface area contributed by atoms with Crippen molar-refractivity contribution in [2.45, 2.75) is 84.0 Å². The zero-order valence-corrected chi connectivity index (χ0v) is 13.0. The molecule has 0 aliphatic carbocycles. The number of ketones is 1. The normalized spacial score (nSPS) is 18.2. The van der Waals surface area contributed by atoms with E-state index in [4.69, 9.17) is 4.74 Å². The molecule has 0 bridgehead atoms. The first-order valence-corrected chi connectivity index (χ1v) is 8.42. The predicted octanol–water partition coefficient (Wildman–Crippen LogP) is 4.43. The van der Waals surface area contributed by atoms with Gasteiger partial charge in [0.1, 0.15) is 5.78 Å². The summed E-state index contributed by atoms with van der Waals surface area (Å²) in [4.78, 5) is 23.0. The Morgan fingerprint density at radius 1 is 1.05 bits per heavy atom. The lowest BCUT2D eigenvalue weighted by Crippen LogP contribution is -2.13. The SMILES string of the molecule is CCCCCCCCCCCC(=O)CC1CCOC1=O. The predicted molar refractivity (Wildman–Crippen MR) is 80.5 cm³/mol. The number of ether oxygens (including phenoxy) is 1. The smallest absolute Gasteiger partial charge is 0.309 e. The van der Waals surface area contributed by atoms with E-state index in [1.807, 2.05) is 0 Å². The summed E-state index contributed by atoms with van der Waals surface area (Å²) < 4.78 is 4.87. The maximum absolute atomic E-state index is 11.7. The molecule has 3 heteroatoms. The molecule has 0 N–H and O–H groups in total. The van der Waals surface area contributed by atoms with Crippen LogP contribution in [0.4, 0.5) is 0 Å². The Balaban J connectivity index is 1.88. The Kier molecular flexibility index (Phi) is 9.35. The van der Waals surface area contributed by atoms with Crippen LogP contribution in [0.3, 0.4) is 0 Å². The van der Waals surface area contributed by atoms with Crippen LogP contribution in [-0.4, -0.2) is 18.4 Å². The number of carbonyl (C=O) groups excluding carboxylic acids is 2. The highest BCUT2D eigenvalue weighted by Gasteiger charge is 2.28. The van der Waals surface area contributed by atoms with Crippen molar-refractivity contribution in [3.8, 4) is 0 Å². The van der Waals surface area contributed by atoms with Crippen molar-refractivity contribution in [3.63, 3.8) is 0 Å². The van der Waals surface area contributed by atoms with E-state index in [1.54, 1.807) is 0 Å². The van der Waals surface area contributed by atoms with Crippen molar-refractivity contribution in [1.82, 2.24) is 0 Å². The van der Waals surface area contributed by atoms with Crippen molar-refractivity contribution in [1.29, 1.82) is 0 Å². The molecule has 0 radical (unpaired) electrons. The van der Waals surface area contributed by atoms with Crippen LogP contribution in [-0.2, 0) is 14.3 Å². The molecule has 116 valence electrons. The number of Topliss-reactive ketones (excluding diaryl/α,β-unsaturated/α-hetero) is 1. The third-order valence-corrected chi connectivity index (χ3v) is 4.08. The second kappa shape index (κ2) is 10.9. The highest BCUT2D eigenvalue weighted by atomic mass is 16.5. The van der Waals surface area contributed by atoms with Gasteiger partial charge in [-0.2, -0.15) is 0 Å². The maximum atomic E-state index is 11.7. The van der Waals surface area contributed by atoms with Crippen molar-refractivity contribution in [2.75, 3.05) is 6.61 Å². The Labute approximate surface area is 123 Å². The minimum atomic E-state index is -0.176. The molecule has 1 fully saturated rings. The largest absolute Gasteiger partial charge is 0.465 e. The van der Waals surface area contributed by atoms with E-state index >= 15 is 0 Å². The van der Waals surface area contributed by atoms with Crippen molar-refractivity contribution < 1.29 is 14.3 Å². The Morgan fingerprint density at radius 3 is 2.20 bits per heavy atom. The molecule has 0 amide bonds. The number of hydrogen-bond acceptors (Lipinski definition) is 3. The van der Waals surface area contributed by atoms with Gasteiger partial charge < -0.3 is 4.74 Å². The van der Waals surface area contributed by atoms with Crippen molar-refractivity contribution in [3.05, 3.63) is 0 Å². The topological polar surface area (TPSA) is 43.4 Å². The summed E-state index contributed by atoms with van der Waals surface area (Å²) in [6, 6.07) is 0. The van der Waals surface area contributed by atoms with Gasteiger partial charge >= 0.3 is 5.97 Å². The molecule has 0 aromatic carbocycles. The molecule has 1 saturated heterocycles. The summed E-state index contributed by atoms with van der Waals surface area (Å²) in [6.07, 6.45) is 13.2. The summed E-state index contributed by atoms with van der Waals surface area (Å²) in [6.45, 7) is 2.73. The number of cyclic esters (lactones) is 1. The Hall–Kier alpha value is -0.860. The minimum absolute atomic E-state index is 0.152. The second-order valence-corrected chi connectivity index (χ2v) is 5.97. The van der Waals surface area contributed by atoms with Crippen molar-refractivity contribution >= 4 is 11.8 Å². The van der Waals surface area contributed by atoms with Crippen LogP contribution < -0.4 is 0 Å². The highest BCUT2D eigenvalue weighted by molar-refractivity contribution is 5.85. The van der Waals surface area contributed by atoms with E-state index in [-0.39, 0.29) is 17.7 Å². The fourth-order valence-electron chi connectivity index (χ4n) is 2.73. The second-order valence-electron chi connectivity index (χ2n) is 5.97. The summed E-state index contributed by atoms with van der Waals surface area (Å²) in [5, 5.41) is 0. The number of esters is 1. The van der Waals surface area contributed by atoms with Gasteiger partial charge in [0.2, 0.25) is 0 Å². The quantitative estimate of drug-likeness (QED) is 0.393. The van der Waals surface area contributed by atoms with Crippen LogP contribution in [0.15, 0.2) is 0 Å². The zero-order chi connectivity index (χ0) is 14.6. The number of hydrogen-bond donors (Lipinski definition) is 0. The molecular formula is C17H30O3. The van der Waals surface area contributed by atoms with E-state index in [2.05, 4.69) is 6.92 Å². The van der Waals surface area contributed by atoms with Crippen LogP contribution in [0.5, 0.6) is 0 Å². The molecule has 0 aromatic heterocycles. The molecule has 1 heterocycles. The van der Waals surface area contributed by atoms with Gasteiger partial charge in [0.05, 0.1) is 12.5 Å². The number of carbonyl (C=O) groups is 2. The fraction of sp³-hybridized carbons (Fsp3) is 0.882. The molecule has 0 aromatic rings. The first-order chi connectivity index (χ1) is 9.74. The average Bonchev–Trinajstić information content (AvgIpc) is 2.82. The Morgan fingerprint density at radius 2 is 1.65 bits per heavy atom. The van der Waals surface area contributed by atoms with Gasteiger partial charge in [-0.25, -0.2) is 0 Å². The molecule has 1 aliphatic heterocycles. The van der Waals surface area contributed by atoms with Gasteiger partial charge in [-0.1, -0.05) is 58.3 Å². The van der Waals surface area contributed by atoms with Gasteiger partial charge in [-0.3, -0.25) is 9.59 Å². The van der Waals surface area contributed by atoms with Crippen LogP contribution in [0.2, 0.25) is 0 Å². The molecule has 3 nitrogen and oxygen atoms in total. The van der Waals surface area contributed by atoms with Gasteiger partial charge in [-0.15, -0.1) is 0 Å². The molecule has 1 rings (SSSR count). The summed E-state index contributed by atoms with van der Waals surface area (Å²) in [5.41, 5.74) is 0.